The molecule has 0 radical (unpaired) electrons. The SMILES string of the molecule is CCCN(CCC)C(=O)C1CC(C(=O)NC(CC2CCC(O)CC2)C(O)CN(CC)NS(=O)(=O)CC2CCCCC2)CC(C(=O)N(C)C)C1. The zero-order valence-electron chi connectivity index (χ0n) is 30.9. The van der Waals surface area contributed by atoms with E-state index in [4.69, 9.17) is 0 Å². The van der Waals surface area contributed by atoms with Crippen LogP contribution >= 0.6 is 0 Å². The molecule has 3 fully saturated rings. The minimum Gasteiger partial charge on any atom is -0.393 e. The molecule has 3 amide bonds. The van der Waals surface area contributed by atoms with E-state index in [2.05, 4.69) is 10.1 Å². The fourth-order valence-electron chi connectivity index (χ4n) is 8.27. The second kappa shape index (κ2) is 20.3. The topological polar surface area (TPSA) is 160 Å². The first-order valence-electron chi connectivity index (χ1n) is 19.2. The lowest BCUT2D eigenvalue weighted by Gasteiger charge is -2.38. The third-order valence-electron chi connectivity index (χ3n) is 10.9. The van der Waals surface area contributed by atoms with E-state index in [0.717, 1.165) is 57.8 Å². The number of nitrogens with zero attached hydrogens (tertiary/aromatic N) is 3. The molecule has 284 valence electrons. The summed E-state index contributed by atoms with van der Waals surface area (Å²) < 4.78 is 26.2. The van der Waals surface area contributed by atoms with Crippen LogP contribution in [0, 0.1) is 29.6 Å². The van der Waals surface area contributed by atoms with Gasteiger partial charge in [0, 0.05) is 58.0 Å². The van der Waals surface area contributed by atoms with Crippen LogP contribution in [0.25, 0.3) is 0 Å². The smallest absolute Gasteiger partial charge is 0.225 e. The fraction of sp³-hybridized carbons (Fsp3) is 0.917. The van der Waals surface area contributed by atoms with Crippen molar-refractivity contribution >= 4 is 27.7 Å². The lowest BCUT2D eigenvalue weighted by molar-refractivity contribution is -0.143. The van der Waals surface area contributed by atoms with Crippen LogP contribution in [-0.4, -0.2) is 115 Å². The maximum atomic E-state index is 14.1. The number of likely N-dealkylation sites (N-methyl/N-ethyl adjacent to an activating group) is 1. The standard InChI is InChI=1S/C36H67N5O7S/c1-6-18-40(19-7-2)36(46)30-22-28(21-29(23-30)35(45)39(4)5)34(44)37-32(20-26-14-16-31(42)17-15-26)33(43)24-41(8-3)38-49(47,48)25-27-12-10-9-11-13-27/h26-33,38,42-43H,6-25H2,1-5H3,(H,37,44). The number of aliphatic hydroxyl groups is 2. The lowest BCUT2D eigenvalue weighted by Crippen LogP contribution is -2.55. The van der Waals surface area contributed by atoms with Crippen molar-refractivity contribution in [3.8, 4) is 0 Å². The Balaban J connectivity index is 1.78. The van der Waals surface area contributed by atoms with Gasteiger partial charge in [-0.25, -0.2) is 13.4 Å². The summed E-state index contributed by atoms with van der Waals surface area (Å²) in [6, 6.07) is -0.666. The molecule has 0 saturated heterocycles. The molecule has 3 rings (SSSR count). The van der Waals surface area contributed by atoms with E-state index < -0.39 is 39.9 Å². The van der Waals surface area contributed by atoms with Gasteiger partial charge < -0.3 is 25.3 Å². The second-order valence-corrected chi connectivity index (χ2v) is 17.1. The molecule has 0 spiro atoms. The average Bonchev–Trinajstić information content (AvgIpc) is 3.07. The minimum absolute atomic E-state index is 0.00278. The van der Waals surface area contributed by atoms with E-state index in [1.807, 2.05) is 25.7 Å². The zero-order chi connectivity index (χ0) is 36.1. The summed E-state index contributed by atoms with van der Waals surface area (Å²) in [5, 5.41) is 26.4. The minimum atomic E-state index is -3.61. The van der Waals surface area contributed by atoms with Crippen LogP contribution in [0.4, 0.5) is 0 Å². The van der Waals surface area contributed by atoms with E-state index in [-0.39, 0.29) is 48.0 Å². The number of nitrogens with one attached hydrogen (secondary N) is 2. The zero-order valence-corrected chi connectivity index (χ0v) is 31.8. The molecule has 0 aromatic rings. The van der Waals surface area contributed by atoms with Gasteiger partial charge in [-0.05, 0) is 88.9 Å². The van der Waals surface area contributed by atoms with Gasteiger partial charge in [0.15, 0.2) is 0 Å². The van der Waals surface area contributed by atoms with Crippen molar-refractivity contribution in [2.24, 2.45) is 29.6 Å². The molecule has 0 aromatic heterocycles. The normalized spacial score (nSPS) is 26.6. The lowest BCUT2D eigenvalue weighted by atomic mass is 9.73. The first-order valence-corrected chi connectivity index (χ1v) is 20.8. The van der Waals surface area contributed by atoms with E-state index in [1.165, 1.54) is 9.91 Å². The summed E-state index contributed by atoms with van der Waals surface area (Å²) in [6.45, 7) is 7.50. The van der Waals surface area contributed by atoms with Crippen molar-refractivity contribution < 1.29 is 33.0 Å². The third kappa shape index (κ3) is 13.4. The summed E-state index contributed by atoms with van der Waals surface area (Å²) in [4.78, 5) is 47.2. The Kier molecular flexibility index (Phi) is 17.2. The molecule has 3 aliphatic carbocycles. The Morgan fingerprint density at radius 2 is 1.37 bits per heavy atom. The summed E-state index contributed by atoms with van der Waals surface area (Å²) in [6.07, 6.45) is 9.73. The van der Waals surface area contributed by atoms with Crippen molar-refractivity contribution in [2.45, 2.75) is 135 Å². The highest BCUT2D eigenvalue weighted by atomic mass is 32.2. The van der Waals surface area contributed by atoms with Crippen molar-refractivity contribution in [2.75, 3.05) is 46.0 Å². The highest BCUT2D eigenvalue weighted by Gasteiger charge is 2.42. The third-order valence-corrected chi connectivity index (χ3v) is 12.4. The number of carbonyl (C=O) groups is 3. The van der Waals surface area contributed by atoms with Gasteiger partial charge in [0.2, 0.25) is 27.7 Å². The molecule has 4 N–H and O–H groups in total. The Morgan fingerprint density at radius 1 is 0.796 bits per heavy atom. The van der Waals surface area contributed by atoms with Crippen molar-refractivity contribution in [1.82, 2.24) is 25.0 Å². The van der Waals surface area contributed by atoms with Crippen LogP contribution < -0.4 is 10.1 Å². The van der Waals surface area contributed by atoms with Crippen LogP contribution in [-0.2, 0) is 24.4 Å². The molecule has 0 bridgehead atoms. The predicted octanol–water partition coefficient (Wildman–Crippen LogP) is 3.28. The van der Waals surface area contributed by atoms with E-state index in [1.54, 1.807) is 14.1 Å². The average molecular weight is 714 g/mol. The van der Waals surface area contributed by atoms with Crippen LogP contribution in [0.15, 0.2) is 0 Å². The number of rotatable bonds is 18. The molecule has 49 heavy (non-hydrogen) atoms. The van der Waals surface area contributed by atoms with E-state index in [9.17, 15) is 33.0 Å². The highest BCUT2D eigenvalue weighted by molar-refractivity contribution is 7.89. The number of carbonyl (C=O) groups excluding carboxylic acids is 3. The van der Waals surface area contributed by atoms with Crippen LogP contribution in [0.1, 0.15) is 117 Å². The number of hydrogen-bond acceptors (Lipinski definition) is 8. The second-order valence-electron chi connectivity index (χ2n) is 15.4. The highest BCUT2D eigenvalue weighted by Crippen LogP contribution is 2.36. The Hall–Kier alpha value is -1.80. The van der Waals surface area contributed by atoms with Crippen LogP contribution in [0.3, 0.4) is 0 Å². The van der Waals surface area contributed by atoms with Gasteiger partial charge in [0.1, 0.15) is 0 Å². The van der Waals surface area contributed by atoms with Crippen LogP contribution in [0.2, 0.25) is 0 Å². The number of hydrogen-bond donors (Lipinski definition) is 4. The number of amides is 3. The molecule has 13 heteroatoms. The maximum absolute atomic E-state index is 14.1. The molecular formula is C36H67N5O7S. The van der Waals surface area contributed by atoms with Gasteiger partial charge in [0.25, 0.3) is 0 Å². The van der Waals surface area contributed by atoms with Crippen molar-refractivity contribution in [1.29, 1.82) is 0 Å². The van der Waals surface area contributed by atoms with Gasteiger partial charge in [-0.2, -0.15) is 0 Å². The number of sulfonamides is 1. The quantitative estimate of drug-likeness (QED) is 0.158. The first kappa shape index (κ1) is 41.6. The largest absolute Gasteiger partial charge is 0.393 e. The van der Waals surface area contributed by atoms with E-state index >= 15 is 0 Å². The molecule has 0 heterocycles. The maximum Gasteiger partial charge on any atom is 0.225 e. The van der Waals surface area contributed by atoms with Crippen molar-refractivity contribution in [3.05, 3.63) is 0 Å². The molecule has 0 aliphatic heterocycles. The first-order chi connectivity index (χ1) is 23.3. The molecule has 5 unspecified atom stereocenters. The molecule has 3 aliphatic rings. The number of hydrazine groups is 1. The molecule has 5 atom stereocenters. The van der Waals surface area contributed by atoms with E-state index in [0.29, 0.717) is 58.2 Å². The Morgan fingerprint density at radius 3 is 1.92 bits per heavy atom. The summed E-state index contributed by atoms with van der Waals surface area (Å²) in [5.41, 5.74) is 0. The van der Waals surface area contributed by atoms with Gasteiger partial charge in [-0.3, -0.25) is 14.4 Å². The number of aliphatic hydroxyl groups excluding tert-OH is 2. The van der Waals surface area contributed by atoms with Crippen molar-refractivity contribution in [3.63, 3.8) is 0 Å². The van der Waals surface area contributed by atoms with Gasteiger partial charge in [-0.15, -0.1) is 4.83 Å². The molecule has 12 nitrogen and oxygen atoms in total. The molecule has 0 aromatic carbocycles. The summed E-state index contributed by atoms with van der Waals surface area (Å²) >= 11 is 0. The van der Waals surface area contributed by atoms with Gasteiger partial charge >= 0.3 is 0 Å². The van der Waals surface area contributed by atoms with Gasteiger partial charge in [-0.1, -0.05) is 40.0 Å². The predicted molar refractivity (Wildman–Crippen MR) is 191 cm³/mol. The summed E-state index contributed by atoms with van der Waals surface area (Å²) in [5.74, 6) is -1.50. The monoisotopic (exact) mass is 713 g/mol. The van der Waals surface area contributed by atoms with Gasteiger partial charge in [0.05, 0.1) is 24.0 Å². The molecule has 3 saturated carbocycles. The molecular weight excluding hydrogens is 646 g/mol. The fourth-order valence-corrected chi connectivity index (χ4v) is 9.89. The van der Waals surface area contributed by atoms with Crippen LogP contribution in [0.5, 0.6) is 0 Å². The summed E-state index contributed by atoms with van der Waals surface area (Å²) in [7, 11) is -0.223. The Bertz CT molecular complexity index is 1130. The Labute approximate surface area is 296 Å².